The maximum absolute atomic E-state index is 5.28. The van der Waals surface area contributed by atoms with E-state index in [4.69, 9.17) is 4.74 Å². The summed E-state index contributed by atoms with van der Waals surface area (Å²) in [6.07, 6.45) is 1.11. The predicted octanol–water partition coefficient (Wildman–Crippen LogP) is 3.70. The molecule has 0 aliphatic carbocycles. The largest absolute Gasteiger partial charge is 0.497 e. The van der Waals surface area contributed by atoms with Gasteiger partial charge in [-0.25, -0.2) is 0 Å². The smallest absolute Gasteiger partial charge is 0.122 e. The van der Waals surface area contributed by atoms with Crippen molar-refractivity contribution in [3.63, 3.8) is 0 Å². The summed E-state index contributed by atoms with van der Waals surface area (Å²) < 4.78 is 5.28. The topological polar surface area (TPSA) is 34.1 Å². The Morgan fingerprint density at radius 2 is 1.79 bits per heavy atom. The van der Waals surface area contributed by atoms with Gasteiger partial charge in [-0.15, -0.1) is 0 Å². The number of aromatic nitrogens is 1. The van der Waals surface area contributed by atoms with Crippen LogP contribution in [0.15, 0.2) is 12.1 Å². The summed E-state index contributed by atoms with van der Waals surface area (Å²) in [5.41, 5.74) is 2.43. The number of hydrogen-bond donors (Lipinski definition) is 1. The van der Waals surface area contributed by atoms with Crippen molar-refractivity contribution in [3.05, 3.63) is 23.5 Å². The van der Waals surface area contributed by atoms with Gasteiger partial charge in [0, 0.05) is 29.9 Å². The van der Waals surface area contributed by atoms with Crippen LogP contribution in [0.1, 0.15) is 52.4 Å². The van der Waals surface area contributed by atoms with Crippen LogP contribution in [0, 0.1) is 12.3 Å². The van der Waals surface area contributed by atoms with Crippen LogP contribution >= 0.6 is 0 Å². The van der Waals surface area contributed by atoms with E-state index in [1.165, 1.54) is 0 Å². The molecule has 1 aromatic rings. The summed E-state index contributed by atoms with van der Waals surface area (Å²) in [6.45, 7) is 14.0. The zero-order chi connectivity index (χ0) is 14.7. The molecule has 19 heavy (non-hydrogen) atoms. The van der Waals surface area contributed by atoms with E-state index >= 15 is 0 Å². The van der Waals surface area contributed by atoms with E-state index in [2.05, 4.69) is 44.9 Å². The van der Waals surface area contributed by atoms with Gasteiger partial charge in [0.05, 0.1) is 12.8 Å². The highest BCUT2D eigenvalue weighted by Crippen LogP contribution is 2.27. The Balaban J connectivity index is 2.68. The fraction of sp³-hybridized carbons (Fsp3) is 0.688. The highest BCUT2D eigenvalue weighted by molar-refractivity contribution is 5.26. The van der Waals surface area contributed by atoms with Crippen molar-refractivity contribution < 1.29 is 4.74 Å². The molecule has 0 aromatic carbocycles. The maximum Gasteiger partial charge on any atom is 0.122 e. The molecule has 0 amide bonds. The van der Waals surface area contributed by atoms with Gasteiger partial charge < -0.3 is 10.1 Å². The van der Waals surface area contributed by atoms with Gasteiger partial charge in [0.25, 0.3) is 0 Å². The molecule has 0 aliphatic heterocycles. The van der Waals surface area contributed by atoms with Crippen LogP contribution in [0.5, 0.6) is 5.75 Å². The number of pyridine rings is 1. The number of rotatable bonds is 5. The molecule has 3 nitrogen and oxygen atoms in total. The maximum atomic E-state index is 5.28. The van der Waals surface area contributed by atoms with E-state index in [0.717, 1.165) is 30.1 Å². The minimum atomic E-state index is 0.0942. The lowest BCUT2D eigenvalue weighted by molar-refractivity contribution is 0.240. The zero-order valence-electron chi connectivity index (χ0n) is 13.4. The highest BCUT2D eigenvalue weighted by atomic mass is 16.5. The monoisotopic (exact) mass is 264 g/mol. The second-order valence-corrected chi connectivity index (χ2v) is 7.11. The van der Waals surface area contributed by atoms with Crippen LogP contribution in [0.3, 0.4) is 0 Å². The quantitative estimate of drug-likeness (QED) is 0.880. The lowest BCUT2D eigenvalue weighted by Crippen LogP contribution is -2.42. The first-order valence-electron chi connectivity index (χ1n) is 6.88. The number of hydrogen-bond acceptors (Lipinski definition) is 3. The fourth-order valence-corrected chi connectivity index (χ4v) is 2.63. The second kappa shape index (κ2) is 5.91. The van der Waals surface area contributed by atoms with E-state index in [-0.39, 0.29) is 5.54 Å². The van der Waals surface area contributed by atoms with Crippen LogP contribution in [0.4, 0.5) is 0 Å². The summed E-state index contributed by atoms with van der Waals surface area (Å²) in [5.74, 6) is 0.873. The molecule has 0 saturated carbocycles. The Labute approximate surface area is 117 Å². The molecule has 1 heterocycles. The van der Waals surface area contributed by atoms with Gasteiger partial charge in [-0.1, -0.05) is 20.8 Å². The minimum Gasteiger partial charge on any atom is -0.497 e. The molecule has 1 N–H and O–H groups in total. The van der Waals surface area contributed by atoms with E-state index in [1.54, 1.807) is 7.11 Å². The minimum absolute atomic E-state index is 0.0942. The SMILES string of the molecule is COc1cc(C)nc(CNC(C)(C)CC(C)(C)C)c1. The molecule has 0 saturated heterocycles. The Morgan fingerprint density at radius 1 is 1.16 bits per heavy atom. The Hall–Kier alpha value is -1.09. The number of methoxy groups -OCH3 is 1. The third kappa shape index (κ3) is 6.06. The Bertz CT molecular complexity index is 419. The summed E-state index contributed by atoms with van der Waals surface area (Å²) in [6, 6.07) is 3.94. The van der Waals surface area contributed by atoms with Crippen LogP contribution in [-0.2, 0) is 6.54 Å². The third-order valence-electron chi connectivity index (χ3n) is 2.94. The van der Waals surface area contributed by atoms with Crippen molar-refractivity contribution in [2.24, 2.45) is 5.41 Å². The van der Waals surface area contributed by atoms with Gasteiger partial charge in [0.1, 0.15) is 5.75 Å². The second-order valence-electron chi connectivity index (χ2n) is 7.11. The molecule has 0 radical (unpaired) electrons. The summed E-state index contributed by atoms with van der Waals surface area (Å²) in [7, 11) is 1.69. The molecule has 0 bridgehead atoms. The molecule has 0 fully saturated rings. The third-order valence-corrected chi connectivity index (χ3v) is 2.94. The predicted molar refractivity (Wildman–Crippen MR) is 80.5 cm³/mol. The fourth-order valence-electron chi connectivity index (χ4n) is 2.63. The van der Waals surface area contributed by atoms with Crippen LogP contribution < -0.4 is 10.1 Å². The molecular formula is C16H28N2O. The molecule has 1 rings (SSSR count). The molecule has 0 spiro atoms. The van der Waals surface area contributed by atoms with Gasteiger partial charge in [0.2, 0.25) is 0 Å². The normalized spacial score (nSPS) is 12.6. The first-order chi connectivity index (χ1) is 8.61. The van der Waals surface area contributed by atoms with E-state index in [0.29, 0.717) is 5.41 Å². The zero-order valence-corrected chi connectivity index (χ0v) is 13.4. The number of ether oxygens (including phenoxy) is 1. The molecular weight excluding hydrogens is 236 g/mol. The van der Waals surface area contributed by atoms with Gasteiger partial charge in [-0.3, -0.25) is 4.98 Å². The summed E-state index contributed by atoms with van der Waals surface area (Å²) in [4.78, 5) is 4.54. The van der Waals surface area contributed by atoms with Crippen molar-refractivity contribution in [2.75, 3.05) is 7.11 Å². The van der Waals surface area contributed by atoms with E-state index in [9.17, 15) is 0 Å². The number of nitrogens with one attached hydrogen (secondary N) is 1. The molecule has 0 atom stereocenters. The first-order valence-corrected chi connectivity index (χ1v) is 6.88. The lowest BCUT2D eigenvalue weighted by Gasteiger charge is -2.33. The molecule has 108 valence electrons. The van der Waals surface area contributed by atoms with Crippen LogP contribution in [0.2, 0.25) is 0 Å². The standard InChI is InChI=1S/C16H28N2O/c1-12-8-14(19-7)9-13(18-12)10-17-16(5,6)11-15(2,3)4/h8-9,17H,10-11H2,1-7H3. The Kier molecular flexibility index (Phi) is 4.97. The lowest BCUT2D eigenvalue weighted by atomic mass is 9.82. The number of nitrogens with zero attached hydrogens (tertiary/aromatic N) is 1. The van der Waals surface area contributed by atoms with Gasteiger partial charge >= 0.3 is 0 Å². The highest BCUT2D eigenvalue weighted by Gasteiger charge is 2.24. The Morgan fingerprint density at radius 3 is 2.32 bits per heavy atom. The van der Waals surface area contributed by atoms with Crippen LogP contribution in [0.25, 0.3) is 0 Å². The summed E-state index contributed by atoms with van der Waals surface area (Å²) >= 11 is 0. The summed E-state index contributed by atoms with van der Waals surface area (Å²) in [5, 5.41) is 3.59. The van der Waals surface area contributed by atoms with Crippen molar-refractivity contribution in [3.8, 4) is 5.75 Å². The van der Waals surface area contributed by atoms with E-state index in [1.807, 2.05) is 19.1 Å². The van der Waals surface area contributed by atoms with Gasteiger partial charge in [0.15, 0.2) is 0 Å². The van der Waals surface area contributed by atoms with E-state index < -0.39 is 0 Å². The number of aryl methyl sites for hydroxylation is 1. The molecule has 0 unspecified atom stereocenters. The molecule has 1 aromatic heterocycles. The van der Waals surface area contributed by atoms with Crippen molar-refractivity contribution in [2.45, 2.75) is 60.0 Å². The average molecular weight is 264 g/mol. The van der Waals surface area contributed by atoms with Gasteiger partial charge in [-0.2, -0.15) is 0 Å². The van der Waals surface area contributed by atoms with Gasteiger partial charge in [-0.05, 0) is 32.6 Å². The van der Waals surface area contributed by atoms with Crippen molar-refractivity contribution in [1.82, 2.24) is 10.3 Å². The molecule has 0 aliphatic rings. The molecule has 3 heteroatoms. The van der Waals surface area contributed by atoms with Crippen molar-refractivity contribution in [1.29, 1.82) is 0 Å². The van der Waals surface area contributed by atoms with Crippen LogP contribution in [-0.4, -0.2) is 17.6 Å². The first kappa shape index (κ1) is 16.0. The van der Waals surface area contributed by atoms with Crippen molar-refractivity contribution >= 4 is 0 Å². The average Bonchev–Trinajstić information content (AvgIpc) is 2.22.